The first-order valence-electron chi connectivity index (χ1n) is 8.53. The van der Waals surface area contributed by atoms with Gasteiger partial charge in [0.1, 0.15) is 0 Å². The van der Waals surface area contributed by atoms with Crippen LogP contribution in [0.4, 0.5) is 0 Å². The zero-order valence-electron chi connectivity index (χ0n) is 13.6. The number of likely N-dealkylation sites (N-methyl/N-ethyl adjacent to an activating group) is 1. The third-order valence-corrected chi connectivity index (χ3v) is 6.79. The van der Waals surface area contributed by atoms with Crippen LogP contribution >= 0.6 is 15.9 Å². The maximum Gasteiger partial charge on any atom is 0.312 e. The topological polar surface area (TPSA) is 46.6 Å². The summed E-state index contributed by atoms with van der Waals surface area (Å²) in [6.45, 7) is 5.10. The smallest absolute Gasteiger partial charge is 0.312 e. The van der Waals surface area contributed by atoms with Crippen molar-refractivity contribution in [1.29, 1.82) is 0 Å². The van der Waals surface area contributed by atoms with Gasteiger partial charge in [0, 0.05) is 17.4 Å². The van der Waals surface area contributed by atoms with Crippen LogP contribution < -0.4 is 0 Å². The molecule has 2 unspecified atom stereocenters. The Morgan fingerprint density at radius 2 is 1.73 bits per heavy atom. The van der Waals surface area contributed by atoms with E-state index in [1.54, 1.807) is 4.90 Å². The van der Waals surface area contributed by atoms with Crippen LogP contribution in [0, 0.1) is 17.3 Å². The van der Waals surface area contributed by atoms with E-state index in [1.165, 1.54) is 19.3 Å². The van der Waals surface area contributed by atoms with Gasteiger partial charge in [-0.2, -0.15) is 0 Å². The standard InChI is InChI=1S/C17H26BrNO3/c1-3-19(4-2)14(20)10-22-15(21)16-6-12-5-13(7-16)9-17(18,8-12)11-16/h12-13H,3-11H2,1-2H3/t12-,13+,16?,17?. The minimum absolute atomic E-state index is 0.0865. The van der Waals surface area contributed by atoms with Crippen LogP contribution in [0.3, 0.4) is 0 Å². The van der Waals surface area contributed by atoms with E-state index < -0.39 is 0 Å². The molecule has 4 aliphatic carbocycles. The van der Waals surface area contributed by atoms with Crippen molar-refractivity contribution in [1.82, 2.24) is 4.90 Å². The highest BCUT2D eigenvalue weighted by molar-refractivity contribution is 9.10. The fraction of sp³-hybridized carbons (Fsp3) is 0.882. The van der Waals surface area contributed by atoms with Gasteiger partial charge < -0.3 is 9.64 Å². The molecule has 0 radical (unpaired) electrons. The lowest BCUT2D eigenvalue weighted by molar-refractivity contribution is -0.172. The summed E-state index contributed by atoms with van der Waals surface area (Å²) in [7, 11) is 0. The summed E-state index contributed by atoms with van der Waals surface area (Å²) in [4.78, 5) is 26.5. The molecule has 4 saturated carbocycles. The van der Waals surface area contributed by atoms with Gasteiger partial charge >= 0.3 is 5.97 Å². The highest BCUT2D eigenvalue weighted by atomic mass is 79.9. The van der Waals surface area contributed by atoms with Crippen molar-refractivity contribution in [3.63, 3.8) is 0 Å². The molecule has 0 aromatic heterocycles. The third-order valence-electron chi connectivity index (χ3n) is 5.87. The largest absolute Gasteiger partial charge is 0.455 e. The number of hydrogen-bond acceptors (Lipinski definition) is 3. The molecule has 0 aliphatic heterocycles. The number of ether oxygens (including phenoxy) is 1. The third kappa shape index (κ3) is 2.81. The number of carbonyl (C=O) groups is 2. The van der Waals surface area contributed by atoms with Crippen LogP contribution in [0.15, 0.2) is 0 Å². The number of rotatable bonds is 5. The van der Waals surface area contributed by atoms with E-state index in [9.17, 15) is 9.59 Å². The van der Waals surface area contributed by atoms with Crippen LogP contribution in [0.5, 0.6) is 0 Å². The second kappa shape index (κ2) is 5.81. The maximum absolute atomic E-state index is 12.7. The molecule has 4 nitrogen and oxygen atoms in total. The summed E-state index contributed by atoms with van der Waals surface area (Å²) >= 11 is 3.90. The minimum atomic E-state index is -0.336. The van der Waals surface area contributed by atoms with Crippen molar-refractivity contribution in [2.24, 2.45) is 17.3 Å². The SMILES string of the molecule is CCN(CC)C(=O)COC(=O)C12C[C@@H]3C[C@@H](CC(Br)(C3)C1)C2. The zero-order valence-corrected chi connectivity index (χ0v) is 15.2. The summed E-state index contributed by atoms with van der Waals surface area (Å²) in [6.07, 6.45) is 6.43. The number of alkyl halides is 1. The monoisotopic (exact) mass is 371 g/mol. The van der Waals surface area contributed by atoms with Gasteiger partial charge in [-0.1, -0.05) is 15.9 Å². The van der Waals surface area contributed by atoms with Crippen molar-refractivity contribution in [2.75, 3.05) is 19.7 Å². The molecule has 0 aromatic rings. The Balaban J connectivity index is 1.64. The van der Waals surface area contributed by atoms with Crippen molar-refractivity contribution >= 4 is 27.8 Å². The fourth-order valence-electron chi connectivity index (χ4n) is 5.34. The van der Waals surface area contributed by atoms with E-state index in [1.807, 2.05) is 13.8 Å². The van der Waals surface area contributed by atoms with Crippen LogP contribution in [0.1, 0.15) is 52.4 Å². The molecular weight excluding hydrogens is 346 g/mol. The van der Waals surface area contributed by atoms with Crippen molar-refractivity contribution < 1.29 is 14.3 Å². The molecule has 1 amide bonds. The highest BCUT2D eigenvalue weighted by Gasteiger charge is 2.60. The predicted molar refractivity (Wildman–Crippen MR) is 87.7 cm³/mol. The van der Waals surface area contributed by atoms with E-state index in [0.717, 1.165) is 19.3 Å². The zero-order chi connectivity index (χ0) is 16.0. The lowest BCUT2D eigenvalue weighted by atomic mass is 9.49. The second-order valence-electron chi connectivity index (χ2n) is 7.53. The van der Waals surface area contributed by atoms with Crippen LogP contribution in [-0.4, -0.2) is 40.8 Å². The molecule has 0 aromatic carbocycles. The second-order valence-corrected chi connectivity index (χ2v) is 9.22. The summed E-state index contributed by atoms with van der Waals surface area (Å²) in [6, 6.07) is 0. The number of amides is 1. The molecular formula is C17H26BrNO3. The number of nitrogens with zero attached hydrogens (tertiary/aromatic N) is 1. The van der Waals surface area contributed by atoms with E-state index >= 15 is 0 Å². The first kappa shape index (κ1) is 16.3. The highest BCUT2D eigenvalue weighted by Crippen LogP contribution is 2.64. The van der Waals surface area contributed by atoms with E-state index in [-0.39, 0.29) is 28.2 Å². The Morgan fingerprint density at radius 1 is 1.14 bits per heavy atom. The van der Waals surface area contributed by atoms with E-state index in [2.05, 4.69) is 15.9 Å². The normalized spacial score (nSPS) is 38.9. The summed E-state index contributed by atoms with van der Waals surface area (Å²) in [5, 5.41) is 0. The number of carbonyl (C=O) groups excluding carboxylic acids is 2. The Kier molecular flexibility index (Phi) is 4.30. The summed E-state index contributed by atoms with van der Waals surface area (Å²) in [5.41, 5.74) is -0.336. The average molecular weight is 372 g/mol. The van der Waals surface area contributed by atoms with Gasteiger partial charge in [-0.05, 0) is 64.2 Å². The molecule has 4 fully saturated rings. The van der Waals surface area contributed by atoms with Crippen LogP contribution in [0.25, 0.3) is 0 Å². The molecule has 0 spiro atoms. The Bertz CT molecular complexity index is 461. The van der Waals surface area contributed by atoms with Gasteiger partial charge in [-0.3, -0.25) is 9.59 Å². The van der Waals surface area contributed by atoms with Gasteiger partial charge in [0.05, 0.1) is 5.41 Å². The van der Waals surface area contributed by atoms with Crippen LogP contribution in [0.2, 0.25) is 0 Å². The molecule has 22 heavy (non-hydrogen) atoms. The lowest BCUT2D eigenvalue weighted by Crippen LogP contribution is -2.56. The minimum Gasteiger partial charge on any atom is -0.455 e. The maximum atomic E-state index is 12.7. The molecule has 4 atom stereocenters. The molecule has 124 valence electrons. The molecule has 4 rings (SSSR count). The lowest BCUT2D eigenvalue weighted by Gasteiger charge is -2.58. The van der Waals surface area contributed by atoms with Gasteiger partial charge in [0.25, 0.3) is 5.91 Å². The van der Waals surface area contributed by atoms with Gasteiger partial charge in [-0.15, -0.1) is 0 Å². The summed E-state index contributed by atoms with van der Waals surface area (Å²) < 4.78 is 5.61. The first-order valence-corrected chi connectivity index (χ1v) is 9.33. The first-order chi connectivity index (χ1) is 10.4. The van der Waals surface area contributed by atoms with Crippen molar-refractivity contribution in [3.8, 4) is 0 Å². The number of esters is 1. The van der Waals surface area contributed by atoms with E-state index in [0.29, 0.717) is 24.9 Å². The van der Waals surface area contributed by atoms with Crippen molar-refractivity contribution in [3.05, 3.63) is 0 Å². The molecule has 0 saturated heterocycles. The quantitative estimate of drug-likeness (QED) is 0.550. The Hall–Kier alpha value is -0.580. The molecule has 5 heteroatoms. The summed E-state index contributed by atoms with van der Waals surface area (Å²) in [5.74, 6) is 1.07. The van der Waals surface area contributed by atoms with Gasteiger partial charge in [0.15, 0.2) is 6.61 Å². The van der Waals surface area contributed by atoms with Crippen molar-refractivity contribution in [2.45, 2.75) is 56.7 Å². The molecule has 4 bridgehead atoms. The fourth-order valence-corrected chi connectivity index (χ4v) is 6.79. The Labute approximate surface area is 141 Å². The number of halogens is 1. The average Bonchev–Trinajstić information content (AvgIpc) is 2.43. The van der Waals surface area contributed by atoms with Crippen LogP contribution in [-0.2, 0) is 14.3 Å². The molecule has 4 aliphatic rings. The number of hydrogen-bond donors (Lipinski definition) is 0. The van der Waals surface area contributed by atoms with E-state index in [4.69, 9.17) is 4.74 Å². The molecule has 0 heterocycles. The van der Waals surface area contributed by atoms with Gasteiger partial charge in [-0.25, -0.2) is 0 Å². The Morgan fingerprint density at radius 3 is 2.23 bits per heavy atom. The van der Waals surface area contributed by atoms with Gasteiger partial charge in [0.2, 0.25) is 0 Å². The molecule has 0 N–H and O–H groups in total. The predicted octanol–water partition coefficient (Wildman–Crippen LogP) is 3.13.